The highest BCUT2D eigenvalue weighted by Crippen LogP contribution is 2.20. The number of aromatic nitrogens is 5. The van der Waals surface area contributed by atoms with E-state index < -0.39 is 0 Å². The Kier molecular flexibility index (Phi) is 3.40. The van der Waals surface area contributed by atoms with Gasteiger partial charge in [0.15, 0.2) is 11.5 Å². The van der Waals surface area contributed by atoms with Crippen LogP contribution in [0.25, 0.3) is 11.0 Å². The molecule has 0 saturated carbocycles. The normalized spacial score (nSPS) is 11.3. The summed E-state index contributed by atoms with van der Waals surface area (Å²) in [6.07, 6.45) is 3.51. The summed E-state index contributed by atoms with van der Waals surface area (Å²) in [7, 11) is 1.80. The third-order valence-electron chi connectivity index (χ3n) is 3.45. The Balaban J connectivity index is 1.96. The smallest absolute Gasteiger partial charge is 0.258 e. The average Bonchev–Trinajstić information content (AvgIpc) is 3.03. The van der Waals surface area contributed by atoms with Crippen LogP contribution in [0.1, 0.15) is 35.9 Å². The molecule has 1 N–H and O–H groups in total. The van der Waals surface area contributed by atoms with Gasteiger partial charge in [0.05, 0.1) is 17.5 Å². The number of nitrogens with one attached hydrogen (secondary N) is 1. The summed E-state index contributed by atoms with van der Waals surface area (Å²) in [5.41, 5.74) is 1.99. The van der Waals surface area contributed by atoms with Gasteiger partial charge in [0.2, 0.25) is 0 Å². The van der Waals surface area contributed by atoms with Gasteiger partial charge >= 0.3 is 0 Å². The number of hydrogen-bond donors (Lipinski definition) is 1. The predicted octanol–water partition coefficient (Wildman–Crippen LogP) is 2.31. The maximum Gasteiger partial charge on any atom is 0.258 e. The first-order valence-corrected chi connectivity index (χ1v) is 7.11. The van der Waals surface area contributed by atoms with E-state index in [0.717, 1.165) is 11.0 Å². The molecule has 0 aromatic carbocycles. The van der Waals surface area contributed by atoms with Crippen molar-refractivity contribution in [2.45, 2.75) is 26.8 Å². The number of nitrogens with zero attached hydrogens (tertiary/aromatic N) is 5. The number of amides is 1. The first kappa shape index (κ1) is 14.2. The van der Waals surface area contributed by atoms with E-state index in [0.29, 0.717) is 17.1 Å². The molecule has 0 aliphatic rings. The van der Waals surface area contributed by atoms with Crippen molar-refractivity contribution >= 4 is 22.8 Å². The molecule has 1 amide bonds. The van der Waals surface area contributed by atoms with Crippen LogP contribution in [-0.4, -0.2) is 30.5 Å². The number of carbonyl (C=O) groups excluding carboxylic acids is 1. The van der Waals surface area contributed by atoms with Crippen molar-refractivity contribution in [2.24, 2.45) is 7.05 Å². The van der Waals surface area contributed by atoms with Gasteiger partial charge in [0.25, 0.3) is 5.91 Å². The van der Waals surface area contributed by atoms with Crippen molar-refractivity contribution in [1.29, 1.82) is 0 Å². The van der Waals surface area contributed by atoms with Crippen molar-refractivity contribution in [2.75, 3.05) is 5.32 Å². The zero-order chi connectivity index (χ0) is 15.9. The van der Waals surface area contributed by atoms with Crippen molar-refractivity contribution in [3.05, 3.63) is 35.8 Å². The van der Waals surface area contributed by atoms with Gasteiger partial charge in [0, 0.05) is 30.7 Å². The Labute approximate surface area is 128 Å². The SMILES string of the molecule is Cc1nc2c(cnn2C(C)C)cc1C(=O)Nc1ccn(C)n1. The monoisotopic (exact) mass is 298 g/mol. The first-order chi connectivity index (χ1) is 10.5. The van der Waals surface area contributed by atoms with Crippen molar-refractivity contribution in [3.63, 3.8) is 0 Å². The van der Waals surface area contributed by atoms with Gasteiger partial charge in [-0.05, 0) is 26.8 Å². The lowest BCUT2D eigenvalue weighted by Gasteiger charge is -2.09. The van der Waals surface area contributed by atoms with Crippen LogP contribution in [0.15, 0.2) is 24.5 Å². The molecule has 3 aromatic heterocycles. The van der Waals surface area contributed by atoms with E-state index in [1.807, 2.05) is 31.5 Å². The van der Waals surface area contributed by atoms with Crippen LogP contribution < -0.4 is 5.32 Å². The number of aryl methyl sites for hydroxylation is 2. The summed E-state index contributed by atoms with van der Waals surface area (Å²) in [5, 5.41) is 12.1. The molecule has 0 spiro atoms. The molecular formula is C15H18N6O. The van der Waals surface area contributed by atoms with Gasteiger partial charge < -0.3 is 5.32 Å². The second kappa shape index (κ2) is 5.25. The minimum atomic E-state index is -0.220. The fourth-order valence-corrected chi connectivity index (χ4v) is 2.34. The largest absolute Gasteiger partial charge is 0.305 e. The Bertz CT molecular complexity index is 845. The number of fused-ring (bicyclic) bond motifs is 1. The summed E-state index contributed by atoms with van der Waals surface area (Å²) in [6, 6.07) is 3.79. The van der Waals surface area contributed by atoms with Crippen LogP contribution >= 0.6 is 0 Å². The maximum atomic E-state index is 12.4. The Morgan fingerprint density at radius 1 is 1.36 bits per heavy atom. The minimum absolute atomic E-state index is 0.220. The quantitative estimate of drug-likeness (QED) is 0.805. The van der Waals surface area contributed by atoms with Gasteiger partial charge in [-0.15, -0.1) is 0 Å². The predicted molar refractivity (Wildman–Crippen MR) is 83.8 cm³/mol. The van der Waals surface area contributed by atoms with Gasteiger partial charge in [-0.1, -0.05) is 0 Å². The van der Waals surface area contributed by atoms with E-state index in [1.54, 1.807) is 30.2 Å². The van der Waals surface area contributed by atoms with Crippen LogP contribution in [-0.2, 0) is 7.05 Å². The summed E-state index contributed by atoms with van der Waals surface area (Å²) in [4.78, 5) is 16.9. The molecule has 3 heterocycles. The lowest BCUT2D eigenvalue weighted by atomic mass is 10.1. The number of pyridine rings is 1. The molecular weight excluding hydrogens is 280 g/mol. The Morgan fingerprint density at radius 2 is 2.14 bits per heavy atom. The highest BCUT2D eigenvalue weighted by molar-refractivity contribution is 6.06. The highest BCUT2D eigenvalue weighted by atomic mass is 16.1. The molecule has 22 heavy (non-hydrogen) atoms. The Morgan fingerprint density at radius 3 is 2.77 bits per heavy atom. The molecule has 0 radical (unpaired) electrons. The van der Waals surface area contributed by atoms with Crippen LogP contribution in [0.3, 0.4) is 0 Å². The van der Waals surface area contributed by atoms with Gasteiger partial charge in [-0.3, -0.25) is 9.48 Å². The summed E-state index contributed by atoms with van der Waals surface area (Å²) >= 11 is 0. The molecule has 0 atom stereocenters. The molecule has 0 unspecified atom stereocenters. The summed E-state index contributed by atoms with van der Waals surface area (Å²) in [5.74, 6) is 0.299. The lowest BCUT2D eigenvalue weighted by Crippen LogP contribution is -2.15. The van der Waals surface area contributed by atoms with Gasteiger partial charge in [-0.25, -0.2) is 9.67 Å². The van der Waals surface area contributed by atoms with E-state index in [2.05, 4.69) is 20.5 Å². The molecule has 3 aromatic rings. The zero-order valence-corrected chi connectivity index (χ0v) is 13.0. The standard InChI is InChI=1S/C15H18N6O/c1-9(2)21-14-11(8-16-21)7-12(10(3)17-14)15(22)18-13-5-6-20(4)19-13/h5-9H,1-4H3,(H,18,19,22). The number of anilines is 1. The topological polar surface area (TPSA) is 77.6 Å². The fraction of sp³-hybridized carbons (Fsp3) is 0.333. The molecule has 0 bridgehead atoms. The first-order valence-electron chi connectivity index (χ1n) is 7.11. The van der Waals surface area contributed by atoms with Crippen LogP contribution in [0.5, 0.6) is 0 Å². The molecule has 3 rings (SSSR count). The third kappa shape index (κ3) is 2.45. The molecule has 0 fully saturated rings. The van der Waals surface area contributed by atoms with Crippen LogP contribution in [0.2, 0.25) is 0 Å². The second-order valence-electron chi connectivity index (χ2n) is 5.55. The molecule has 7 heteroatoms. The molecule has 0 aliphatic carbocycles. The van der Waals surface area contributed by atoms with E-state index in [4.69, 9.17) is 0 Å². The highest BCUT2D eigenvalue weighted by Gasteiger charge is 2.16. The van der Waals surface area contributed by atoms with E-state index in [1.165, 1.54) is 0 Å². The number of hydrogen-bond acceptors (Lipinski definition) is 4. The fourth-order valence-electron chi connectivity index (χ4n) is 2.34. The number of rotatable bonds is 3. The van der Waals surface area contributed by atoms with Crippen molar-refractivity contribution in [1.82, 2.24) is 24.5 Å². The third-order valence-corrected chi connectivity index (χ3v) is 3.45. The Hall–Kier alpha value is -2.70. The average molecular weight is 298 g/mol. The second-order valence-corrected chi connectivity index (χ2v) is 5.55. The molecule has 114 valence electrons. The molecule has 7 nitrogen and oxygen atoms in total. The molecule has 0 saturated heterocycles. The number of carbonyl (C=O) groups is 1. The summed E-state index contributed by atoms with van der Waals surface area (Å²) < 4.78 is 3.49. The van der Waals surface area contributed by atoms with Gasteiger partial charge in [0.1, 0.15) is 0 Å². The molecule has 0 aliphatic heterocycles. The van der Waals surface area contributed by atoms with Crippen molar-refractivity contribution < 1.29 is 4.79 Å². The van der Waals surface area contributed by atoms with E-state index in [9.17, 15) is 4.79 Å². The summed E-state index contributed by atoms with van der Waals surface area (Å²) in [6.45, 7) is 5.92. The maximum absolute atomic E-state index is 12.4. The zero-order valence-electron chi connectivity index (χ0n) is 13.0. The van der Waals surface area contributed by atoms with E-state index in [-0.39, 0.29) is 11.9 Å². The van der Waals surface area contributed by atoms with Gasteiger partial charge in [-0.2, -0.15) is 10.2 Å². The van der Waals surface area contributed by atoms with Crippen LogP contribution in [0.4, 0.5) is 5.82 Å². The minimum Gasteiger partial charge on any atom is -0.305 e. The lowest BCUT2D eigenvalue weighted by molar-refractivity contribution is 0.102. The van der Waals surface area contributed by atoms with Crippen molar-refractivity contribution in [3.8, 4) is 0 Å². The van der Waals surface area contributed by atoms with E-state index >= 15 is 0 Å². The van der Waals surface area contributed by atoms with Crippen LogP contribution in [0, 0.1) is 6.92 Å².